The molecule has 0 atom stereocenters. The van der Waals surface area contributed by atoms with Gasteiger partial charge >= 0.3 is 12.1 Å². The lowest BCUT2D eigenvalue weighted by molar-refractivity contribution is -0.869. The van der Waals surface area contributed by atoms with E-state index in [2.05, 4.69) is 10.6 Å². The van der Waals surface area contributed by atoms with Crippen LogP contribution in [0.2, 0.25) is 0 Å². The van der Waals surface area contributed by atoms with Crippen LogP contribution in [0.5, 0.6) is 0 Å². The maximum absolute atomic E-state index is 11.4. The van der Waals surface area contributed by atoms with Crippen molar-refractivity contribution in [3.05, 3.63) is 35.9 Å². The molecule has 0 bridgehead atoms. The fourth-order valence-electron chi connectivity index (χ4n) is 1.40. The number of nitrogens with one attached hydrogen (secondary N) is 2. The SMILES string of the molecule is C[N+](C)(C)CCNC(=O)NC(=O)OCc1ccccc1. The fraction of sp³-hybridized carbons (Fsp3) is 0.429. The number of benzene rings is 1. The zero-order chi connectivity index (χ0) is 15.0. The molecule has 110 valence electrons. The van der Waals surface area contributed by atoms with Gasteiger partial charge in [0.05, 0.1) is 34.2 Å². The normalized spacial score (nSPS) is 10.8. The molecule has 1 aromatic carbocycles. The summed E-state index contributed by atoms with van der Waals surface area (Å²) in [6.07, 6.45) is -0.753. The number of nitrogens with zero attached hydrogens (tertiary/aromatic N) is 1. The van der Waals surface area contributed by atoms with Crippen molar-refractivity contribution >= 4 is 12.1 Å². The van der Waals surface area contributed by atoms with E-state index in [4.69, 9.17) is 4.74 Å². The highest BCUT2D eigenvalue weighted by Gasteiger charge is 2.11. The lowest BCUT2D eigenvalue weighted by atomic mass is 10.2. The molecule has 0 fully saturated rings. The Morgan fingerprint density at radius 2 is 1.80 bits per heavy atom. The van der Waals surface area contributed by atoms with Gasteiger partial charge in [0.2, 0.25) is 0 Å². The van der Waals surface area contributed by atoms with Crippen LogP contribution in [0.4, 0.5) is 9.59 Å². The van der Waals surface area contributed by atoms with Gasteiger partial charge in [0.1, 0.15) is 6.61 Å². The first kappa shape index (κ1) is 16.0. The average molecular weight is 280 g/mol. The molecule has 3 amide bonds. The topological polar surface area (TPSA) is 67.4 Å². The highest BCUT2D eigenvalue weighted by Crippen LogP contribution is 2.00. The van der Waals surface area contributed by atoms with Crippen molar-refractivity contribution in [2.45, 2.75) is 6.61 Å². The molecule has 1 aromatic rings. The first-order valence-corrected chi connectivity index (χ1v) is 6.43. The lowest BCUT2D eigenvalue weighted by Gasteiger charge is -2.23. The number of amides is 3. The van der Waals surface area contributed by atoms with E-state index in [1.807, 2.05) is 51.5 Å². The largest absolute Gasteiger partial charge is 0.444 e. The number of hydrogen-bond donors (Lipinski definition) is 2. The number of ether oxygens (including phenoxy) is 1. The Hall–Kier alpha value is -2.08. The number of likely N-dealkylation sites (N-methyl/N-ethyl adjacent to an activating group) is 1. The van der Waals surface area contributed by atoms with E-state index in [0.29, 0.717) is 6.54 Å². The van der Waals surface area contributed by atoms with E-state index < -0.39 is 12.1 Å². The molecule has 0 unspecified atom stereocenters. The summed E-state index contributed by atoms with van der Waals surface area (Å²) in [6, 6.07) is 8.73. The number of quaternary nitrogens is 1. The van der Waals surface area contributed by atoms with Crippen LogP contribution in [0.3, 0.4) is 0 Å². The molecule has 0 spiro atoms. The second kappa shape index (κ2) is 7.49. The van der Waals surface area contributed by atoms with Gasteiger partial charge in [-0.1, -0.05) is 30.3 Å². The molecule has 1 rings (SSSR count). The lowest BCUT2D eigenvalue weighted by Crippen LogP contribution is -2.45. The van der Waals surface area contributed by atoms with Crippen LogP contribution in [-0.2, 0) is 11.3 Å². The van der Waals surface area contributed by atoms with E-state index in [1.165, 1.54) is 0 Å². The minimum Gasteiger partial charge on any atom is -0.444 e. The molecule has 6 heteroatoms. The van der Waals surface area contributed by atoms with Crippen molar-refractivity contribution in [3.63, 3.8) is 0 Å². The van der Waals surface area contributed by atoms with Crippen molar-refractivity contribution in [1.82, 2.24) is 10.6 Å². The van der Waals surface area contributed by atoms with E-state index in [1.54, 1.807) is 0 Å². The smallest absolute Gasteiger partial charge is 0.415 e. The quantitative estimate of drug-likeness (QED) is 0.800. The van der Waals surface area contributed by atoms with Gasteiger partial charge in [0.25, 0.3) is 0 Å². The third-order valence-corrected chi connectivity index (χ3v) is 2.50. The zero-order valence-electron chi connectivity index (χ0n) is 12.2. The van der Waals surface area contributed by atoms with E-state index in [-0.39, 0.29) is 6.61 Å². The third kappa shape index (κ3) is 7.38. The molecule has 0 saturated carbocycles. The first-order chi connectivity index (χ1) is 9.37. The van der Waals surface area contributed by atoms with Gasteiger partial charge in [0, 0.05) is 0 Å². The van der Waals surface area contributed by atoms with E-state index >= 15 is 0 Å². The maximum atomic E-state index is 11.4. The van der Waals surface area contributed by atoms with E-state index in [0.717, 1.165) is 16.6 Å². The number of rotatable bonds is 5. The summed E-state index contributed by atoms with van der Waals surface area (Å²) >= 11 is 0. The molecule has 6 nitrogen and oxygen atoms in total. The predicted octanol–water partition coefficient (Wildman–Crippen LogP) is 1.33. The highest BCUT2D eigenvalue weighted by atomic mass is 16.5. The predicted molar refractivity (Wildman–Crippen MR) is 76.1 cm³/mol. The van der Waals surface area contributed by atoms with Gasteiger partial charge in [-0.15, -0.1) is 0 Å². The molecular formula is C14H22N3O3+. The molecule has 0 radical (unpaired) electrons. The Balaban J connectivity index is 2.20. The van der Waals surface area contributed by atoms with Crippen molar-refractivity contribution in [2.24, 2.45) is 0 Å². The molecule has 20 heavy (non-hydrogen) atoms. The minimum atomic E-state index is -0.753. The van der Waals surface area contributed by atoms with Crippen molar-refractivity contribution in [2.75, 3.05) is 34.2 Å². The van der Waals surface area contributed by atoms with Crippen LogP contribution in [-0.4, -0.2) is 50.8 Å². The summed E-state index contributed by atoms with van der Waals surface area (Å²) in [7, 11) is 6.06. The van der Waals surface area contributed by atoms with Gasteiger partial charge in [-0.2, -0.15) is 0 Å². The second-order valence-corrected chi connectivity index (χ2v) is 5.46. The minimum absolute atomic E-state index is 0.138. The van der Waals surface area contributed by atoms with E-state index in [9.17, 15) is 9.59 Å². The summed E-state index contributed by atoms with van der Waals surface area (Å²) in [5, 5.41) is 4.72. The van der Waals surface area contributed by atoms with Gasteiger partial charge in [-0.25, -0.2) is 14.9 Å². The number of carbonyl (C=O) groups excluding carboxylic acids is 2. The van der Waals surface area contributed by atoms with Gasteiger partial charge in [-0.05, 0) is 5.56 Å². The molecule has 0 aliphatic heterocycles. The van der Waals surface area contributed by atoms with Gasteiger partial charge in [-0.3, -0.25) is 0 Å². The summed E-state index contributed by atoms with van der Waals surface area (Å²) in [5.74, 6) is 0. The Bertz CT molecular complexity index is 441. The Morgan fingerprint density at radius 3 is 2.40 bits per heavy atom. The van der Waals surface area contributed by atoms with Gasteiger partial charge in [0.15, 0.2) is 0 Å². The summed E-state index contributed by atoms with van der Waals surface area (Å²) in [5.41, 5.74) is 0.869. The van der Waals surface area contributed by atoms with Crippen LogP contribution < -0.4 is 10.6 Å². The zero-order valence-corrected chi connectivity index (χ0v) is 12.2. The van der Waals surface area contributed by atoms with Gasteiger partial charge < -0.3 is 14.5 Å². The Kier molecular flexibility index (Phi) is 5.99. The molecule has 2 N–H and O–H groups in total. The van der Waals surface area contributed by atoms with Crippen LogP contribution in [0.15, 0.2) is 30.3 Å². The molecule has 0 aliphatic rings. The van der Waals surface area contributed by atoms with Crippen molar-refractivity contribution in [1.29, 1.82) is 0 Å². The number of urea groups is 1. The number of carbonyl (C=O) groups is 2. The number of imide groups is 1. The molecule has 0 aromatic heterocycles. The summed E-state index contributed by atoms with van der Waals surface area (Å²) in [4.78, 5) is 22.8. The number of alkyl carbamates (subject to hydrolysis) is 1. The maximum Gasteiger partial charge on any atom is 0.415 e. The molecular weight excluding hydrogens is 258 g/mol. The number of hydrogen-bond acceptors (Lipinski definition) is 3. The molecule has 0 heterocycles. The second-order valence-electron chi connectivity index (χ2n) is 5.46. The third-order valence-electron chi connectivity index (χ3n) is 2.50. The summed E-state index contributed by atoms with van der Waals surface area (Å²) < 4.78 is 5.67. The molecule has 0 saturated heterocycles. The highest BCUT2D eigenvalue weighted by molar-refractivity contribution is 5.90. The standard InChI is InChI=1S/C14H21N3O3/c1-17(2,3)10-9-15-13(18)16-14(19)20-11-12-7-5-4-6-8-12/h4-8H,9-11H2,1-3H3,(H-,15,16,18,19)/p+1. The van der Waals surface area contributed by atoms with Crippen LogP contribution in [0.1, 0.15) is 5.56 Å². The summed E-state index contributed by atoms with van der Waals surface area (Å²) in [6.45, 7) is 1.40. The van der Waals surface area contributed by atoms with Crippen LogP contribution in [0, 0.1) is 0 Å². The van der Waals surface area contributed by atoms with Crippen LogP contribution >= 0.6 is 0 Å². The Morgan fingerprint density at radius 1 is 1.15 bits per heavy atom. The first-order valence-electron chi connectivity index (χ1n) is 6.43. The monoisotopic (exact) mass is 280 g/mol. The van der Waals surface area contributed by atoms with Crippen molar-refractivity contribution in [3.8, 4) is 0 Å². The Labute approximate surface area is 119 Å². The molecule has 0 aliphatic carbocycles. The fourth-order valence-corrected chi connectivity index (χ4v) is 1.40. The van der Waals surface area contributed by atoms with Crippen LogP contribution in [0.25, 0.3) is 0 Å². The van der Waals surface area contributed by atoms with Crippen molar-refractivity contribution < 1.29 is 18.8 Å². The average Bonchev–Trinajstić information content (AvgIpc) is 2.36.